The fourth-order valence-electron chi connectivity index (χ4n) is 2.04. The van der Waals surface area contributed by atoms with Gasteiger partial charge in [-0.3, -0.25) is 4.79 Å². The van der Waals surface area contributed by atoms with Gasteiger partial charge in [0.25, 0.3) is 5.91 Å². The van der Waals surface area contributed by atoms with E-state index in [-0.39, 0.29) is 5.91 Å². The molecule has 4 nitrogen and oxygen atoms in total. The molecule has 0 radical (unpaired) electrons. The van der Waals surface area contributed by atoms with E-state index < -0.39 is 0 Å². The highest BCUT2D eigenvalue weighted by Crippen LogP contribution is 2.26. The smallest absolute Gasteiger partial charge is 0.265 e. The summed E-state index contributed by atoms with van der Waals surface area (Å²) in [6.07, 6.45) is 0. The lowest BCUT2D eigenvalue weighted by Crippen LogP contribution is -2.09. The second kappa shape index (κ2) is 8.29. The van der Waals surface area contributed by atoms with Crippen LogP contribution in [0, 0.1) is 0 Å². The molecule has 3 aromatic rings. The second-order valence-electron chi connectivity index (χ2n) is 5.02. The van der Waals surface area contributed by atoms with Crippen molar-refractivity contribution < 1.29 is 9.53 Å². The van der Waals surface area contributed by atoms with E-state index in [1.165, 1.54) is 23.3 Å². The molecule has 7 heteroatoms. The van der Waals surface area contributed by atoms with E-state index in [1.54, 1.807) is 19.2 Å². The summed E-state index contributed by atoms with van der Waals surface area (Å²) in [5, 5.41) is 2.88. The van der Waals surface area contributed by atoms with Crippen LogP contribution in [0.5, 0.6) is 5.75 Å². The van der Waals surface area contributed by atoms with Crippen molar-refractivity contribution in [2.75, 3.05) is 17.1 Å². The van der Waals surface area contributed by atoms with E-state index in [1.807, 2.05) is 48.5 Å². The van der Waals surface area contributed by atoms with Crippen molar-refractivity contribution in [3.05, 3.63) is 69.9 Å². The number of hydrogen-bond donors (Lipinski definition) is 2. The number of hydrogen-bond acceptors (Lipinski definition) is 5. The highest BCUT2D eigenvalue weighted by Gasteiger charge is 2.09. The van der Waals surface area contributed by atoms with Gasteiger partial charge >= 0.3 is 0 Å². The summed E-state index contributed by atoms with van der Waals surface area (Å²) in [5.74, 6) is 0.649. The first kappa shape index (κ1) is 17.7. The lowest BCUT2D eigenvalue weighted by Gasteiger charge is -2.08. The average Bonchev–Trinajstić information content (AvgIpc) is 3.07. The first-order valence-corrected chi connectivity index (χ1v) is 9.39. The van der Waals surface area contributed by atoms with Crippen LogP contribution in [0.3, 0.4) is 0 Å². The van der Waals surface area contributed by atoms with Crippen LogP contribution in [0.2, 0.25) is 4.34 Å². The maximum absolute atomic E-state index is 12.2. The number of anilines is 2. The fourth-order valence-corrected chi connectivity index (χ4v) is 3.69. The van der Waals surface area contributed by atoms with E-state index in [0.717, 1.165) is 22.0 Å². The highest BCUT2D eigenvalue weighted by molar-refractivity contribution is 8.00. The zero-order valence-electron chi connectivity index (χ0n) is 13.3. The number of carbonyl (C=O) groups excluding carboxylic acids is 1. The molecule has 2 N–H and O–H groups in total. The lowest BCUT2D eigenvalue weighted by molar-refractivity contribution is 0.103. The van der Waals surface area contributed by atoms with Crippen molar-refractivity contribution in [1.29, 1.82) is 0 Å². The third-order valence-electron chi connectivity index (χ3n) is 3.27. The van der Waals surface area contributed by atoms with E-state index in [0.29, 0.717) is 9.21 Å². The van der Waals surface area contributed by atoms with Gasteiger partial charge in [0.2, 0.25) is 0 Å². The maximum atomic E-state index is 12.2. The molecule has 1 amide bonds. The van der Waals surface area contributed by atoms with Crippen LogP contribution in [0.1, 0.15) is 9.67 Å². The van der Waals surface area contributed by atoms with Crippen molar-refractivity contribution in [2.24, 2.45) is 0 Å². The zero-order valence-corrected chi connectivity index (χ0v) is 15.7. The molecule has 1 heterocycles. The molecule has 0 spiro atoms. The Kier molecular flexibility index (Phi) is 5.86. The molecule has 0 unspecified atom stereocenters. The van der Waals surface area contributed by atoms with E-state index in [2.05, 4.69) is 10.0 Å². The van der Waals surface area contributed by atoms with Gasteiger partial charge in [0, 0.05) is 16.3 Å². The molecule has 25 heavy (non-hydrogen) atoms. The van der Waals surface area contributed by atoms with Gasteiger partial charge < -0.3 is 14.8 Å². The average molecular weight is 391 g/mol. The van der Waals surface area contributed by atoms with Gasteiger partial charge in [-0.1, -0.05) is 17.7 Å². The minimum atomic E-state index is -0.165. The third kappa shape index (κ3) is 4.92. The SMILES string of the molecule is COc1ccc(NSc2cccc(NC(=O)c3ccc(Cl)s3)c2)cc1. The Hall–Kier alpha value is -2.15. The van der Waals surface area contributed by atoms with Crippen LogP contribution in [-0.4, -0.2) is 13.0 Å². The maximum Gasteiger partial charge on any atom is 0.265 e. The monoisotopic (exact) mass is 390 g/mol. The topological polar surface area (TPSA) is 50.4 Å². The van der Waals surface area contributed by atoms with Crippen LogP contribution >= 0.6 is 34.9 Å². The summed E-state index contributed by atoms with van der Waals surface area (Å²) in [6, 6.07) is 18.7. The number of thiophene rings is 1. The summed E-state index contributed by atoms with van der Waals surface area (Å²) < 4.78 is 9.00. The normalized spacial score (nSPS) is 10.3. The standard InChI is InChI=1S/C18H15ClN2O2S2/c1-23-14-7-5-12(6-8-14)21-25-15-4-2-3-13(11-15)20-18(22)16-9-10-17(19)24-16/h2-11,21H,1H3,(H,20,22). The van der Waals surface area contributed by atoms with E-state index in [9.17, 15) is 4.79 Å². The first-order chi connectivity index (χ1) is 12.1. The Morgan fingerprint density at radius 3 is 2.56 bits per heavy atom. The van der Waals surface area contributed by atoms with Crippen molar-refractivity contribution in [1.82, 2.24) is 0 Å². The Balaban J connectivity index is 1.61. The fraction of sp³-hybridized carbons (Fsp3) is 0.0556. The molecule has 0 saturated carbocycles. The van der Waals surface area contributed by atoms with Gasteiger partial charge in [0.05, 0.1) is 16.3 Å². The van der Waals surface area contributed by atoms with Crippen LogP contribution in [-0.2, 0) is 0 Å². The summed E-state index contributed by atoms with van der Waals surface area (Å²) >= 11 is 8.59. The predicted octanol–water partition coefficient (Wildman–Crippen LogP) is 5.78. The third-order valence-corrected chi connectivity index (χ3v) is 5.32. The Morgan fingerprint density at radius 1 is 1.08 bits per heavy atom. The summed E-state index contributed by atoms with van der Waals surface area (Å²) in [4.78, 5) is 13.8. The highest BCUT2D eigenvalue weighted by atomic mass is 35.5. The molecule has 0 aliphatic carbocycles. The molecule has 0 fully saturated rings. The summed E-state index contributed by atoms with van der Waals surface area (Å²) in [7, 11) is 1.64. The van der Waals surface area contributed by atoms with E-state index >= 15 is 0 Å². The molecule has 2 aromatic carbocycles. The van der Waals surface area contributed by atoms with Crippen LogP contribution in [0.4, 0.5) is 11.4 Å². The Bertz CT molecular complexity index is 866. The van der Waals surface area contributed by atoms with E-state index in [4.69, 9.17) is 16.3 Å². The quantitative estimate of drug-likeness (QED) is 0.523. The van der Waals surface area contributed by atoms with Crippen LogP contribution in [0.15, 0.2) is 65.6 Å². The van der Waals surface area contributed by atoms with Crippen molar-refractivity contribution in [3.8, 4) is 5.75 Å². The molecular formula is C18H15ClN2O2S2. The summed E-state index contributed by atoms with van der Waals surface area (Å²) in [6.45, 7) is 0. The molecule has 3 rings (SSSR count). The van der Waals surface area contributed by atoms with Gasteiger partial charge in [0.15, 0.2) is 0 Å². The van der Waals surface area contributed by atoms with Gasteiger partial charge in [-0.25, -0.2) is 0 Å². The van der Waals surface area contributed by atoms with Crippen molar-refractivity contribution in [2.45, 2.75) is 4.90 Å². The molecule has 0 bridgehead atoms. The summed E-state index contributed by atoms with van der Waals surface area (Å²) in [5.41, 5.74) is 1.70. The number of halogens is 1. The Morgan fingerprint density at radius 2 is 1.88 bits per heavy atom. The molecule has 1 aromatic heterocycles. The first-order valence-electron chi connectivity index (χ1n) is 7.38. The number of rotatable bonds is 6. The number of methoxy groups -OCH3 is 1. The molecule has 0 atom stereocenters. The van der Waals surface area contributed by atoms with Gasteiger partial charge in [-0.05, 0) is 66.5 Å². The number of benzene rings is 2. The number of ether oxygens (including phenoxy) is 1. The number of nitrogens with one attached hydrogen (secondary N) is 2. The van der Waals surface area contributed by atoms with Gasteiger partial charge in [-0.15, -0.1) is 11.3 Å². The number of amides is 1. The predicted molar refractivity (Wildman–Crippen MR) is 106 cm³/mol. The van der Waals surface area contributed by atoms with Crippen molar-refractivity contribution in [3.63, 3.8) is 0 Å². The molecule has 0 saturated heterocycles. The minimum Gasteiger partial charge on any atom is -0.497 e. The second-order valence-corrected chi connectivity index (χ2v) is 7.61. The van der Waals surface area contributed by atoms with Crippen molar-refractivity contribution >= 4 is 52.2 Å². The minimum absolute atomic E-state index is 0.165. The largest absolute Gasteiger partial charge is 0.497 e. The molecule has 0 aliphatic rings. The number of carbonyl (C=O) groups is 1. The Labute approximate surface area is 159 Å². The van der Waals surface area contributed by atoms with Crippen LogP contribution < -0.4 is 14.8 Å². The van der Waals surface area contributed by atoms with Gasteiger partial charge in [-0.2, -0.15) is 0 Å². The zero-order chi connectivity index (χ0) is 17.6. The van der Waals surface area contributed by atoms with Crippen LogP contribution in [0.25, 0.3) is 0 Å². The molecule has 128 valence electrons. The lowest BCUT2D eigenvalue weighted by atomic mass is 10.3. The molecule has 0 aliphatic heterocycles. The van der Waals surface area contributed by atoms with Gasteiger partial charge in [0.1, 0.15) is 5.75 Å². The molecular weight excluding hydrogens is 376 g/mol.